The van der Waals surface area contributed by atoms with Crippen molar-refractivity contribution in [2.45, 2.75) is 26.9 Å². The zero-order valence-electron chi connectivity index (χ0n) is 11.1. The summed E-state index contributed by atoms with van der Waals surface area (Å²) in [5.74, 6) is 1.61. The van der Waals surface area contributed by atoms with Crippen LogP contribution in [0.25, 0.3) is 0 Å². The Balaban J connectivity index is 1.89. The second kappa shape index (κ2) is 4.59. The number of ether oxygens (including phenoxy) is 2. The van der Waals surface area contributed by atoms with Gasteiger partial charge in [-0.15, -0.1) is 0 Å². The van der Waals surface area contributed by atoms with Gasteiger partial charge in [0.25, 0.3) is 0 Å². The molecule has 0 fully saturated rings. The predicted molar refractivity (Wildman–Crippen MR) is 71.3 cm³/mol. The Bertz CT molecular complexity index is 619. The van der Waals surface area contributed by atoms with E-state index in [2.05, 4.69) is 12.0 Å². The van der Waals surface area contributed by atoms with E-state index in [1.807, 2.05) is 29.8 Å². The van der Waals surface area contributed by atoms with Crippen molar-refractivity contribution in [3.05, 3.63) is 40.7 Å². The number of rotatable bonds is 3. The molecule has 0 saturated heterocycles. The molecular formula is C14H17N3O2. The van der Waals surface area contributed by atoms with Gasteiger partial charge >= 0.3 is 0 Å². The van der Waals surface area contributed by atoms with Crippen LogP contribution in [0.2, 0.25) is 0 Å². The Morgan fingerprint density at radius 1 is 1.26 bits per heavy atom. The molecule has 5 heteroatoms. The summed E-state index contributed by atoms with van der Waals surface area (Å²) >= 11 is 0. The largest absolute Gasteiger partial charge is 0.454 e. The fourth-order valence-corrected chi connectivity index (χ4v) is 2.40. The molecule has 2 heterocycles. The fourth-order valence-electron chi connectivity index (χ4n) is 2.40. The maximum Gasteiger partial charge on any atom is 0.231 e. The van der Waals surface area contributed by atoms with Gasteiger partial charge in [0, 0.05) is 17.8 Å². The molecule has 1 aromatic carbocycles. The zero-order chi connectivity index (χ0) is 13.4. The van der Waals surface area contributed by atoms with Crippen molar-refractivity contribution in [2.24, 2.45) is 5.73 Å². The van der Waals surface area contributed by atoms with Crippen LogP contribution in [0.15, 0.2) is 18.2 Å². The lowest BCUT2D eigenvalue weighted by molar-refractivity contribution is 0.174. The highest BCUT2D eigenvalue weighted by Gasteiger charge is 2.15. The van der Waals surface area contributed by atoms with Crippen molar-refractivity contribution in [3.63, 3.8) is 0 Å². The normalized spacial score (nSPS) is 13.0. The number of aromatic nitrogens is 2. The third kappa shape index (κ3) is 2.06. The van der Waals surface area contributed by atoms with E-state index in [1.54, 1.807) is 0 Å². The number of benzene rings is 1. The molecule has 2 N–H and O–H groups in total. The first-order chi connectivity index (χ1) is 9.19. The van der Waals surface area contributed by atoms with Crippen LogP contribution in [0, 0.1) is 13.8 Å². The lowest BCUT2D eigenvalue weighted by atomic mass is 10.2. The molecule has 100 valence electrons. The highest BCUT2D eigenvalue weighted by molar-refractivity contribution is 5.44. The average Bonchev–Trinajstić information content (AvgIpc) is 2.95. The van der Waals surface area contributed by atoms with Crippen LogP contribution in [0.1, 0.15) is 22.5 Å². The molecule has 3 rings (SSSR count). The SMILES string of the molecule is Cc1nn(Cc2ccc3c(c2)OCO3)c(C)c1CN. The zero-order valence-corrected chi connectivity index (χ0v) is 11.1. The van der Waals surface area contributed by atoms with E-state index in [9.17, 15) is 0 Å². The van der Waals surface area contributed by atoms with E-state index in [4.69, 9.17) is 15.2 Å². The van der Waals surface area contributed by atoms with Crippen LogP contribution in [0.5, 0.6) is 11.5 Å². The molecule has 0 bridgehead atoms. The Kier molecular flexibility index (Phi) is 2.91. The molecule has 2 aromatic rings. The average molecular weight is 259 g/mol. The van der Waals surface area contributed by atoms with Gasteiger partial charge in [-0.3, -0.25) is 4.68 Å². The van der Waals surface area contributed by atoms with E-state index in [-0.39, 0.29) is 0 Å². The summed E-state index contributed by atoms with van der Waals surface area (Å²) in [6.07, 6.45) is 0. The number of aryl methyl sites for hydroxylation is 1. The molecule has 19 heavy (non-hydrogen) atoms. The second-order valence-corrected chi connectivity index (χ2v) is 4.70. The summed E-state index contributed by atoms with van der Waals surface area (Å²) in [4.78, 5) is 0. The summed E-state index contributed by atoms with van der Waals surface area (Å²) in [5.41, 5.74) is 10.1. The molecule has 0 unspecified atom stereocenters. The maximum absolute atomic E-state index is 5.74. The summed E-state index contributed by atoms with van der Waals surface area (Å²) in [6.45, 7) is 5.58. The molecule has 1 aliphatic rings. The molecule has 0 radical (unpaired) electrons. The fraction of sp³-hybridized carbons (Fsp3) is 0.357. The van der Waals surface area contributed by atoms with Crippen LogP contribution < -0.4 is 15.2 Å². The van der Waals surface area contributed by atoms with Gasteiger partial charge in [0.2, 0.25) is 6.79 Å². The molecular weight excluding hydrogens is 242 g/mol. The summed E-state index contributed by atoms with van der Waals surface area (Å²) in [5, 5.41) is 4.53. The predicted octanol–water partition coefficient (Wildman–Crippen LogP) is 1.74. The van der Waals surface area contributed by atoms with Gasteiger partial charge in [0.15, 0.2) is 11.5 Å². The van der Waals surface area contributed by atoms with Crippen LogP contribution in [0.3, 0.4) is 0 Å². The quantitative estimate of drug-likeness (QED) is 0.912. The third-order valence-corrected chi connectivity index (χ3v) is 3.50. The van der Waals surface area contributed by atoms with Crippen molar-refractivity contribution in [1.82, 2.24) is 9.78 Å². The van der Waals surface area contributed by atoms with Crippen molar-refractivity contribution in [1.29, 1.82) is 0 Å². The first kappa shape index (κ1) is 12.0. The van der Waals surface area contributed by atoms with Crippen molar-refractivity contribution >= 4 is 0 Å². The number of nitrogens with zero attached hydrogens (tertiary/aromatic N) is 2. The van der Waals surface area contributed by atoms with E-state index in [0.717, 1.165) is 34.0 Å². The van der Waals surface area contributed by atoms with Crippen molar-refractivity contribution < 1.29 is 9.47 Å². The Morgan fingerprint density at radius 3 is 2.79 bits per heavy atom. The Labute approximate surface area is 111 Å². The third-order valence-electron chi connectivity index (χ3n) is 3.50. The first-order valence-electron chi connectivity index (χ1n) is 6.30. The van der Waals surface area contributed by atoms with Gasteiger partial charge in [-0.05, 0) is 31.5 Å². The second-order valence-electron chi connectivity index (χ2n) is 4.70. The Hall–Kier alpha value is -2.01. The van der Waals surface area contributed by atoms with Crippen molar-refractivity contribution in [3.8, 4) is 11.5 Å². The van der Waals surface area contributed by atoms with E-state index in [0.29, 0.717) is 19.9 Å². The van der Waals surface area contributed by atoms with Crippen LogP contribution >= 0.6 is 0 Å². The van der Waals surface area contributed by atoms with E-state index >= 15 is 0 Å². The lowest BCUT2D eigenvalue weighted by Crippen LogP contribution is -2.05. The monoisotopic (exact) mass is 259 g/mol. The van der Waals surface area contributed by atoms with Gasteiger partial charge < -0.3 is 15.2 Å². The molecule has 0 saturated carbocycles. The number of hydrogen-bond acceptors (Lipinski definition) is 4. The topological polar surface area (TPSA) is 62.3 Å². The van der Waals surface area contributed by atoms with Crippen molar-refractivity contribution in [2.75, 3.05) is 6.79 Å². The first-order valence-corrected chi connectivity index (χ1v) is 6.30. The van der Waals surface area contributed by atoms with Crippen LogP contribution in [-0.2, 0) is 13.1 Å². The van der Waals surface area contributed by atoms with Gasteiger partial charge in [-0.25, -0.2) is 0 Å². The smallest absolute Gasteiger partial charge is 0.231 e. The van der Waals surface area contributed by atoms with Gasteiger partial charge in [0.05, 0.1) is 12.2 Å². The van der Waals surface area contributed by atoms with Crippen LogP contribution in [0.4, 0.5) is 0 Å². The number of hydrogen-bond donors (Lipinski definition) is 1. The molecule has 0 amide bonds. The van der Waals surface area contributed by atoms with E-state index in [1.165, 1.54) is 0 Å². The molecule has 1 aliphatic heterocycles. The maximum atomic E-state index is 5.74. The Morgan fingerprint density at radius 2 is 2.05 bits per heavy atom. The molecule has 1 aromatic heterocycles. The van der Waals surface area contributed by atoms with Gasteiger partial charge in [0.1, 0.15) is 0 Å². The molecule has 0 atom stereocenters. The highest BCUT2D eigenvalue weighted by Crippen LogP contribution is 2.32. The lowest BCUT2D eigenvalue weighted by Gasteiger charge is -2.06. The van der Waals surface area contributed by atoms with Crippen LogP contribution in [-0.4, -0.2) is 16.6 Å². The minimum atomic E-state index is 0.302. The minimum Gasteiger partial charge on any atom is -0.454 e. The van der Waals surface area contributed by atoms with Gasteiger partial charge in [-0.1, -0.05) is 6.07 Å². The summed E-state index contributed by atoms with van der Waals surface area (Å²) in [7, 11) is 0. The number of nitrogens with two attached hydrogens (primary N) is 1. The molecule has 0 aliphatic carbocycles. The molecule has 5 nitrogen and oxygen atoms in total. The van der Waals surface area contributed by atoms with Gasteiger partial charge in [-0.2, -0.15) is 5.10 Å². The summed E-state index contributed by atoms with van der Waals surface area (Å²) in [6, 6.07) is 5.97. The number of fused-ring (bicyclic) bond motifs is 1. The minimum absolute atomic E-state index is 0.302. The molecule has 0 spiro atoms. The highest BCUT2D eigenvalue weighted by atomic mass is 16.7. The standard InChI is InChI=1S/C14H17N3O2/c1-9-12(6-15)10(2)17(16-9)7-11-3-4-13-14(5-11)19-8-18-13/h3-5H,6-8,15H2,1-2H3. The van der Waals surface area contributed by atoms with E-state index < -0.39 is 0 Å². The summed E-state index contributed by atoms with van der Waals surface area (Å²) < 4.78 is 12.7.